The van der Waals surface area contributed by atoms with Gasteiger partial charge in [-0.1, -0.05) is 55.5 Å². The number of hydrogen-bond acceptors (Lipinski definition) is 3. The van der Waals surface area contributed by atoms with E-state index in [2.05, 4.69) is 17.4 Å². The molecule has 0 radical (unpaired) electrons. The Labute approximate surface area is 183 Å². The molecule has 30 heavy (non-hydrogen) atoms. The zero-order valence-corrected chi connectivity index (χ0v) is 18.8. The summed E-state index contributed by atoms with van der Waals surface area (Å²) >= 11 is 1.67. The van der Waals surface area contributed by atoms with Gasteiger partial charge in [0.25, 0.3) is 0 Å². The van der Waals surface area contributed by atoms with E-state index in [1.165, 1.54) is 16.5 Å². The van der Waals surface area contributed by atoms with Crippen LogP contribution in [0.15, 0.2) is 54.6 Å². The van der Waals surface area contributed by atoms with Crippen molar-refractivity contribution in [2.24, 2.45) is 0 Å². The molecule has 162 valence electrons. The highest BCUT2D eigenvalue weighted by molar-refractivity contribution is 7.98. The number of rotatable bonds is 11. The second-order valence-corrected chi connectivity index (χ2v) is 8.50. The Hall–Kier alpha value is -2.34. The van der Waals surface area contributed by atoms with Crippen molar-refractivity contribution in [2.75, 3.05) is 5.75 Å². The van der Waals surface area contributed by atoms with Gasteiger partial charge in [-0.25, -0.2) is 4.39 Å². The lowest BCUT2D eigenvalue weighted by Gasteiger charge is -2.30. The third-order valence-electron chi connectivity index (χ3n) is 5.04. The fourth-order valence-electron chi connectivity index (χ4n) is 2.93. The molecule has 6 heteroatoms. The Morgan fingerprint density at radius 2 is 1.73 bits per heavy atom. The summed E-state index contributed by atoms with van der Waals surface area (Å²) in [6.07, 6.45) is 1.10. The van der Waals surface area contributed by atoms with Crippen LogP contribution >= 0.6 is 11.8 Å². The first kappa shape index (κ1) is 23.9. The lowest BCUT2D eigenvalue weighted by molar-refractivity contribution is -0.140. The summed E-state index contributed by atoms with van der Waals surface area (Å²) in [5.74, 6) is 0.729. The standard InChI is InChI=1S/C24H31FN2O2S/c1-4-18(2)26-24(29)19(3)27(16-21-12-8-9-13-22(21)25)23(28)14-15-30-17-20-10-6-5-7-11-20/h5-13,18-19H,4,14-17H2,1-3H3,(H,26,29)/t18-,19-/m0/s1. The van der Waals surface area contributed by atoms with Crippen LogP contribution in [-0.4, -0.2) is 34.6 Å². The molecule has 2 atom stereocenters. The monoisotopic (exact) mass is 430 g/mol. The van der Waals surface area contributed by atoms with Gasteiger partial charge >= 0.3 is 0 Å². The maximum absolute atomic E-state index is 14.2. The summed E-state index contributed by atoms with van der Waals surface area (Å²) in [5, 5.41) is 2.92. The molecule has 0 aliphatic rings. The Morgan fingerprint density at radius 1 is 1.07 bits per heavy atom. The number of nitrogens with zero attached hydrogens (tertiary/aromatic N) is 1. The first-order chi connectivity index (χ1) is 14.4. The van der Waals surface area contributed by atoms with E-state index in [4.69, 9.17) is 0 Å². The maximum Gasteiger partial charge on any atom is 0.242 e. The lowest BCUT2D eigenvalue weighted by atomic mass is 10.1. The van der Waals surface area contributed by atoms with Gasteiger partial charge in [-0.2, -0.15) is 11.8 Å². The number of hydrogen-bond donors (Lipinski definition) is 1. The van der Waals surface area contributed by atoms with Crippen LogP contribution in [0.1, 0.15) is 44.7 Å². The van der Waals surface area contributed by atoms with E-state index in [0.717, 1.165) is 12.2 Å². The Balaban J connectivity index is 2.02. The van der Waals surface area contributed by atoms with E-state index in [1.54, 1.807) is 36.9 Å². The molecule has 4 nitrogen and oxygen atoms in total. The van der Waals surface area contributed by atoms with Crippen molar-refractivity contribution in [3.63, 3.8) is 0 Å². The normalized spacial score (nSPS) is 12.8. The SMILES string of the molecule is CC[C@H](C)NC(=O)[C@H](C)N(Cc1ccccc1F)C(=O)CCSCc1ccccc1. The number of thioether (sulfide) groups is 1. The average molecular weight is 431 g/mol. The molecule has 0 saturated heterocycles. The lowest BCUT2D eigenvalue weighted by Crippen LogP contribution is -2.49. The minimum absolute atomic E-state index is 0.0202. The Kier molecular flexibility index (Phi) is 9.87. The molecule has 0 spiro atoms. The van der Waals surface area contributed by atoms with E-state index >= 15 is 0 Å². The van der Waals surface area contributed by atoms with Crippen LogP contribution in [0.2, 0.25) is 0 Å². The van der Waals surface area contributed by atoms with Gasteiger partial charge in [0.1, 0.15) is 11.9 Å². The summed E-state index contributed by atoms with van der Waals surface area (Å²) in [7, 11) is 0. The predicted molar refractivity (Wildman–Crippen MR) is 122 cm³/mol. The average Bonchev–Trinajstić information content (AvgIpc) is 2.76. The van der Waals surface area contributed by atoms with E-state index in [9.17, 15) is 14.0 Å². The van der Waals surface area contributed by atoms with Crippen molar-refractivity contribution in [2.45, 2.75) is 58.0 Å². The van der Waals surface area contributed by atoms with E-state index in [-0.39, 0.29) is 30.2 Å². The summed E-state index contributed by atoms with van der Waals surface area (Å²) in [6.45, 7) is 5.69. The van der Waals surface area contributed by atoms with Crippen LogP contribution in [-0.2, 0) is 21.9 Å². The number of carbonyl (C=O) groups excluding carboxylic acids is 2. The van der Waals surface area contributed by atoms with E-state index < -0.39 is 6.04 Å². The zero-order chi connectivity index (χ0) is 21.9. The van der Waals surface area contributed by atoms with Crippen molar-refractivity contribution >= 4 is 23.6 Å². The summed E-state index contributed by atoms with van der Waals surface area (Å²) < 4.78 is 14.2. The van der Waals surface area contributed by atoms with Crippen molar-refractivity contribution in [1.29, 1.82) is 0 Å². The van der Waals surface area contributed by atoms with Gasteiger partial charge in [-0.15, -0.1) is 0 Å². The van der Waals surface area contributed by atoms with Crippen LogP contribution in [0.4, 0.5) is 4.39 Å². The molecule has 2 aromatic rings. The molecule has 0 fully saturated rings. The molecular formula is C24H31FN2O2S. The van der Waals surface area contributed by atoms with Gasteiger partial charge in [-0.05, 0) is 31.9 Å². The second kappa shape index (κ2) is 12.4. The third-order valence-corrected chi connectivity index (χ3v) is 6.07. The second-order valence-electron chi connectivity index (χ2n) is 7.40. The summed E-state index contributed by atoms with van der Waals surface area (Å²) in [6, 6.07) is 15.8. The molecule has 2 amide bonds. The topological polar surface area (TPSA) is 49.4 Å². The molecule has 0 bridgehead atoms. The fraction of sp³-hybridized carbons (Fsp3) is 0.417. The fourth-order valence-corrected chi connectivity index (χ4v) is 3.82. The third kappa shape index (κ3) is 7.48. The molecule has 1 N–H and O–H groups in total. The zero-order valence-electron chi connectivity index (χ0n) is 17.9. The predicted octanol–water partition coefficient (Wildman–Crippen LogP) is 4.78. The largest absolute Gasteiger partial charge is 0.352 e. The number of amides is 2. The van der Waals surface area contributed by atoms with Crippen molar-refractivity contribution in [3.8, 4) is 0 Å². The van der Waals surface area contributed by atoms with Gasteiger partial charge < -0.3 is 10.2 Å². The van der Waals surface area contributed by atoms with Crippen LogP contribution in [0.25, 0.3) is 0 Å². The first-order valence-electron chi connectivity index (χ1n) is 10.4. The highest BCUT2D eigenvalue weighted by Gasteiger charge is 2.27. The summed E-state index contributed by atoms with van der Waals surface area (Å²) in [4.78, 5) is 27.1. The summed E-state index contributed by atoms with van der Waals surface area (Å²) in [5.41, 5.74) is 1.62. The molecule has 2 rings (SSSR count). The van der Waals surface area contributed by atoms with E-state index in [0.29, 0.717) is 17.7 Å². The molecule has 0 aliphatic carbocycles. The molecule has 0 aromatic heterocycles. The molecule has 0 aliphatic heterocycles. The van der Waals surface area contributed by atoms with Gasteiger partial charge in [0, 0.05) is 36.1 Å². The van der Waals surface area contributed by atoms with Gasteiger partial charge in [0.15, 0.2) is 0 Å². The van der Waals surface area contributed by atoms with Crippen LogP contribution < -0.4 is 5.32 Å². The smallest absolute Gasteiger partial charge is 0.242 e. The van der Waals surface area contributed by atoms with Crippen molar-refractivity contribution in [3.05, 3.63) is 71.5 Å². The number of benzene rings is 2. The van der Waals surface area contributed by atoms with E-state index in [1.807, 2.05) is 32.0 Å². The van der Waals surface area contributed by atoms with Crippen LogP contribution in [0.3, 0.4) is 0 Å². The highest BCUT2D eigenvalue weighted by atomic mass is 32.2. The minimum Gasteiger partial charge on any atom is -0.352 e. The van der Waals surface area contributed by atoms with Gasteiger partial charge in [0.05, 0.1) is 0 Å². The van der Waals surface area contributed by atoms with Crippen LogP contribution in [0.5, 0.6) is 0 Å². The van der Waals surface area contributed by atoms with Crippen molar-refractivity contribution in [1.82, 2.24) is 10.2 Å². The highest BCUT2D eigenvalue weighted by Crippen LogP contribution is 2.17. The Morgan fingerprint density at radius 3 is 2.40 bits per heavy atom. The molecule has 2 aromatic carbocycles. The molecular weight excluding hydrogens is 399 g/mol. The van der Waals surface area contributed by atoms with Crippen molar-refractivity contribution < 1.29 is 14.0 Å². The number of nitrogens with one attached hydrogen (secondary N) is 1. The maximum atomic E-state index is 14.2. The number of carbonyl (C=O) groups is 2. The first-order valence-corrected chi connectivity index (χ1v) is 11.5. The van der Waals surface area contributed by atoms with Gasteiger partial charge in [0.2, 0.25) is 11.8 Å². The van der Waals surface area contributed by atoms with Crippen LogP contribution in [0, 0.1) is 5.82 Å². The van der Waals surface area contributed by atoms with Gasteiger partial charge in [-0.3, -0.25) is 9.59 Å². The molecule has 0 saturated carbocycles. The Bertz CT molecular complexity index is 816. The quantitative estimate of drug-likeness (QED) is 0.522. The molecule has 0 unspecified atom stereocenters. The number of halogens is 1. The molecule has 0 heterocycles. The minimum atomic E-state index is -0.676.